The molecular formula is C12H10ClNO5S2. The molecule has 0 aliphatic carbocycles. The summed E-state index contributed by atoms with van der Waals surface area (Å²) in [6.07, 6.45) is 0. The second-order valence-corrected chi connectivity index (χ2v) is 7.30. The van der Waals surface area contributed by atoms with Gasteiger partial charge in [-0.25, -0.2) is 13.2 Å². The molecule has 21 heavy (non-hydrogen) atoms. The van der Waals surface area contributed by atoms with E-state index in [0.29, 0.717) is 22.1 Å². The lowest BCUT2D eigenvalue weighted by Gasteiger charge is -2.11. The molecule has 1 aromatic heterocycles. The van der Waals surface area contributed by atoms with E-state index in [2.05, 4.69) is 4.72 Å². The van der Waals surface area contributed by atoms with Gasteiger partial charge in [-0.3, -0.25) is 4.72 Å². The van der Waals surface area contributed by atoms with Crippen LogP contribution in [0, 0.1) is 0 Å². The highest BCUT2D eigenvalue weighted by Gasteiger charge is 2.20. The molecule has 0 radical (unpaired) electrons. The fourth-order valence-corrected chi connectivity index (χ4v) is 3.91. The molecule has 112 valence electrons. The van der Waals surface area contributed by atoms with Gasteiger partial charge in [-0.2, -0.15) is 0 Å². The van der Waals surface area contributed by atoms with Crippen LogP contribution in [-0.2, 0) is 10.0 Å². The minimum absolute atomic E-state index is 0.0616. The molecule has 2 N–H and O–H groups in total. The van der Waals surface area contributed by atoms with Gasteiger partial charge in [-0.15, -0.1) is 11.3 Å². The van der Waals surface area contributed by atoms with Crippen molar-refractivity contribution >= 4 is 44.6 Å². The molecule has 0 aliphatic heterocycles. The Morgan fingerprint density at radius 3 is 2.62 bits per heavy atom. The van der Waals surface area contributed by atoms with Gasteiger partial charge in [-0.1, -0.05) is 11.6 Å². The number of sulfonamides is 1. The van der Waals surface area contributed by atoms with Crippen molar-refractivity contribution in [3.05, 3.63) is 40.2 Å². The molecule has 1 heterocycles. The van der Waals surface area contributed by atoms with E-state index >= 15 is 0 Å². The summed E-state index contributed by atoms with van der Waals surface area (Å²) in [5, 5.41) is 9.17. The maximum atomic E-state index is 12.2. The van der Waals surface area contributed by atoms with Crippen LogP contribution in [0.25, 0.3) is 0 Å². The van der Waals surface area contributed by atoms with Crippen LogP contribution in [0.15, 0.2) is 34.5 Å². The van der Waals surface area contributed by atoms with Crippen molar-refractivity contribution in [2.75, 3.05) is 11.8 Å². The number of nitrogens with one attached hydrogen (secondary N) is 1. The third kappa shape index (κ3) is 3.46. The van der Waals surface area contributed by atoms with Gasteiger partial charge in [0.05, 0.1) is 12.8 Å². The average Bonchev–Trinajstić information content (AvgIpc) is 2.89. The molecule has 0 saturated carbocycles. The number of methoxy groups -OCH3 is 1. The number of aromatic carboxylic acids is 1. The summed E-state index contributed by atoms with van der Waals surface area (Å²) in [6.45, 7) is 0. The van der Waals surface area contributed by atoms with Gasteiger partial charge in [0.1, 0.15) is 14.8 Å². The van der Waals surface area contributed by atoms with Crippen molar-refractivity contribution in [2.45, 2.75) is 4.21 Å². The molecule has 0 atom stereocenters. The summed E-state index contributed by atoms with van der Waals surface area (Å²) in [6, 6.07) is 6.96. The van der Waals surface area contributed by atoms with E-state index in [1.807, 2.05) is 0 Å². The number of carbonyl (C=O) groups is 1. The van der Waals surface area contributed by atoms with Crippen LogP contribution in [0.4, 0.5) is 5.69 Å². The van der Waals surface area contributed by atoms with Crippen LogP contribution in [0.5, 0.6) is 5.75 Å². The number of hydrogen-bond donors (Lipinski definition) is 2. The Morgan fingerprint density at radius 2 is 2.05 bits per heavy atom. The number of halogens is 1. The minimum atomic E-state index is -3.91. The first-order valence-corrected chi connectivity index (χ1v) is 8.21. The Morgan fingerprint density at radius 1 is 1.33 bits per heavy atom. The quantitative estimate of drug-likeness (QED) is 0.867. The molecule has 0 saturated heterocycles. The summed E-state index contributed by atoms with van der Waals surface area (Å²) in [5.41, 5.74) is 0.176. The zero-order valence-electron chi connectivity index (χ0n) is 10.7. The second kappa shape index (κ2) is 5.92. The van der Waals surface area contributed by atoms with Gasteiger partial charge in [-0.05, 0) is 30.3 Å². The Kier molecular flexibility index (Phi) is 4.40. The topological polar surface area (TPSA) is 92.7 Å². The first-order valence-electron chi connectivity index (χ1n) is 5.53. The van der Waals surface area contributed by atoms with E-state index in [0.717, 1.165) is 0 Å². The van der Waals surface area contributed by atoms with E-state index in [-0.39, 0.29) is 14.8 Å². The summed E-state index contributed by atoms with van der Waals surface area (Å²) in [4.78, 5) is 10.7. The zero-order chi connectivity index (χ0) is 15.6. The lowest BCUT2D eigenvalue weighted by Crippen LogP contribution is -2.12. The number of ether oxygens (including phenoxy) is 1. The number of hydrogen-bond acceptors (Lipinski definition) is 5. The minimum Gasteiger partial charge on any atom is -0.495 e. The fraction of sp³-hybridized carbons (Fsp3) is 0.0833. The molecule has 0 unspecified atom stereocenters. The van der Waals surface area contributed by atoms with Crippen molar-refractivity contribution in [2.24, 2.45) is 0 Å². The molecule has 0 aliphatic rings. The first kappa shape index (κ1) is 15.6. The van der Waals surface area contributed by atoms with E-state index in [1.54, 1.807) is 6.07 Å². The normalized spacial score (nSPS) is 11.1. The molecule has 2 rings (SSSR count). The molecule has 0 amide bonds. The molecular weight excluding hydrogens is 338 g/mol. The summed E-state index contributed by atoms with van der Waals surface area (Å²) in [7, 11) is -2.51. The molecule has 6 nitrogen and oxygen atoms in total. The van der Waals surface area contributed by atoms with E-state index in [4.69, 9.17) is 21.4 Å². The first-order chi connectivity index (χ1) is 9.83. The number of rotatable bonds is 5. The van der Waals surface area contributed by atoms with Gasteiger partial charge < -0.3 is 9.84 Å². The predicted octanol–water partition coefficient (Wildman–Crippen LogP) is 2.91. The predicted molar refractivity (Wildman–Crippen MR) is 80.1 cm³/mol. The Balaban J connectivity index is 2.37. The molecule has 0 bridgehead atoms. The summed E-state index contributed by atoms with van der Waals surface area (Å²) < 4.78 is 31.7. The van der Waals surface area contributed by atoms with Crippen molar-refractivity contribution in [1.82, 2.24) is 0 Å². The standard InChI is InChI=1S/C12H10ClNO5S2/c1-19-9-3-2-7(13)6-8(9)14-21(17,18)11-5-4-10(20-11)12(15)16/h2-6,14H,1H3,(H,15,16). The average molecular weight is 348 g/mol. The van der Waals surface area contributed by atoms with Gasteiger partial charge in [0, 0.05) is 5.02 Å². The van der Waals surface area contributed by atoms with Crippen LogP contribution in [-0.4, -0.2) is 26.6 Å². The van der Waals surface area contributed by atoms with E-state index in [1.165, 1.54) is 31.4 Å². The van der Waals surface area contributed by atoms with E-state index in [9.17, 15) is 13.2 Å². The Hall–Kier alpha value is -1.77. The number of benzene rings is 1. The highest BCUT2D eigenvalue weighted by molar-refractivity contribution is 7.94. The lowest BCUT2D eigenvalue weighted by molar-refractivity contribution is 0.0702. The van der Waals surface area contributed by atoms with Crippen LogP contribution >= 0.6 is 22.9 Å². The maximum absolute atomic E-state index is 12.2. The van der Waals surface area contributed by atoms with Crippen LogP contribution in [0.3, 0.4) is 0 Å². The monoisotopic (exact) mass is 347 g/mol. The van der Waals surface area contributed by atoms with Crippen LogP contribution in [0.1, 0.15) is 9.67 Å². The summed E-state index contributed by atoms with van der Waals surface area (Å²) >= 11 is 6.49. The SMILES string of the molecule is COc1ccc(Cl)cc1NS(=O)(=O)c1ccc(C(=O)O)s1. The van der Waals surface area contributed by atoms with Gasteiger partial charge in [0.2, 0.25) is 0 Å². The molecule has 1 aromatic carbocycles. The third-order valence-electron chi connectivity index (χ3n) is 2.46. The number of carboxylic acids is 1. The highest BCUT2D eigenvalue weighted by atomic mass is 35.5. The van der Waals surface area contributed by atoms with E-state index < -0.39 is 16.0 Å². The Labute approximate surface area is 130 Å². The number of anilines is 1. The van der Waals surface area contributed by atoms with Crippen LogP contribution < -0.4 is 9.46 Å². The van der Waals surface area contributed by atoms with Gasteiger partial charge >= 0.3 is 5.97 Å². The van der Waals surface area contributed by atoms with Crippen LogP contribution in [0.2, 0.25) is 5.02 Å². The lowest BCUT2D eigenvalue weighted by atomic mass is 10.3. The Bertz CT molecular complexity index is 785. The largest absolute Gasteiger partial charge is 0.495 e. The molecule has 0 fully saturated rings. The van der Waals surface area contributed by atoms with Gasteiger partial charge in [0.25, 0.3) is 10.0 Å². The molecule has 9 heteroatoms. The summed E-state index contributed by atoms with van der Waals surface area (Å²) in [5.74, 6) is -0.875. The molecule has 0 spiro atoms. The third-order valence-corrected chi connectivity index (χ3v) is 5.63. The van der Waals surface area contributed by atoms with Crippen molar-refractivity contribution in [3.63, 3.8) is 0 Å². The fourth-order valence-electron chi connectivity index (χ4n) is 1.53. The smallest absolute Gasteiger partial charge is 0.345 e. The van der Waals surface area contributed by atoms with Crippen molar-refractivity contribution < 1.29 is 23.1 Å². The van der Waals surface area contributed by atoms with Gasteiger partial charge in [0.15, 0.2) is 0 Å². The van der Waals surface area contributed by atoms with Crippen molar-refractivity contribution in [3.8, 4) is 5.75 Å². The number of carboxylic acid groups (broad SMARTS) is 1. The highest BCUT2D eigenvalue weighted by Crippen LogP contribution is 2.31. The second-order valence-electron chi connectivity index (χ2n) is 3.87. The van der Waals surface area contributed by atoms with Crippen molar-refractivity contribution in [1.29, 1.82) is 0 Å². The maximum Gasteiger partial charge on any atom is 0.345 e. The molecule has 2 aromatic rings. The zero-order valence-corrected chi connectivity index (χ0v) is 13.1. The number of thiophene rings is 1.